The standard InChI is InChI=1S/C12H12ClNOS/c13-12-4-3-10(14)6-9(12)7-15-8-11-2-1-5-16-11/h1-6H,7-8,14H2. The van der Waals surface area contributed by atoms with Gasteiger partial charge in [0.2, 0.25) is 0 Å². The number of thiophene rings is 1. The molecule has 1 aromatic heterocycles. The summed E-state index contributed by atoms with van der Waals surface area (Å²) in [7, 11) is 0. The van der Waals surface area contributed by atoms with Crippen LogP contribution in [0.25, 0.3) is 0 Å². The van der Waals surface area contributed by atoms with Gasteiger partial charge in [0.25, 0.3) is 0 Å². The summed E-state index contributed by atoms with van der Waals surface area (Å²) >= 11 is 7.71. The van der Waals surface area contributed by atoms with E-state index in [0.29, 0.717) is 23.9 Å². The van der Waals surface area contributed by atoms with Crippen LogP contribution in [0.4, 0.5) is 5.69 Å². The Kier molecular flexibility index (Phi) is 3.83. The number of ether oxygens (including phenoxy) is 1. The molecule has 0 aliphatic rings. The number of nitrogens with two attached hydrogens (primary N) is 1. The van der Waals surface area contributed by atoms with E-state index in [1.165, 1.54) is 4.88 Å². The maximum atomic E-state index is 6.02. The highest BCUT2D eigenvalue weighted by Crippen LogP contribution is 2.20. The molecule has 84 valence electrons. The summed E-state index contributed by atoms with van der Waals surface area (Å²) in [6, 6.07) is 9.48. The van der Waals surface area contributed by atoms with Gasteiger partial charge in [-0.3, -0.25) is 0 Å². The average molecular weight is 254 g/mol. The number of halogens is 1. The van der Waals surface area contributed by atoms with Crippen molar-refractivity contribution in [2.45, 2.75) is 13.2 Å². The summed E-state index contributed by atoms with van der Waals surface area (Å²) in [4.78, 5) is 1.21. The lowest BCUT2D eigenvalue weighted by Crippen LogP contribution is -1.95. The van der Waals surface area contributed by atoms with Gasteiger partial charge in [-0.15, -0.1) is 11.3 Å². The third kappa shape index (κ3) is 2.98. The summed E-state index contributed by atoms with van der Waals surface area (Å²) in [5.41, 5.74) is 7.32. The molecule has 0 unspecified atom stereocenters. The highest BCUT2D eigenvalue weighted by atomic mass is 35.5. The summed E-state index contributed by atoms with van der Waals surface area (Å²) in [5.74, 6) is 0. The van der Waals surface area contributed by atoms with Crippen LogP contribution in [0.1, 0.15) is 10.4 Å². The van der Waals surface area contributed by atoms with E-state index >= 15 is 0 Å². The first-order valence-electron chi connectivity index (χ1n) is 4.90. The molecule has 2 nitrogen and oxygen atoms in total. The lowest BCUT2D eigenvalue weighted by atomic mass is 10.2. The fourth-order valence-electron chi connectivity index (χ4n) is 1.36. The minimum Gasteiger partial charge on any atom is -0.399 e. The van der Waals surface area contributed by atoms with Crippen molar-refractivity contribution in [1.82, 2.24) is 0 Å². The first kappa shape index (κ1) is 11.5. The molecule has 1 aromatic carbocycles. The Morgan fingerprint density at radius 3 is 2.88 bits per heavy atom. The van der Waals surface area contributed by atoms with Crippen LogP contribution in [0.5, 0.6) is 0 Å². The van der Waals surface area contributed by atoms with Crippen molar-refractivity contribution < 1.29 is 4.74 Å². The molecule has 2 aromatic rings. The number of nitrogen functional groups attached to an aromatic ring is 1. The zero-order valence-corrected chi connectivity index (χ0v) is 10.2. The maximum absolute atomic E-state index is 6.02. The fourth-order valence-corrected chi connectivity index (χ4v) is 2.17. The van der Waals surface area contributed by atoms with Crippen molar-refractivity contribution in [1.29, 1.82) is 0 Å². The van der Waals surface area contributed by atoms with Gasteiger partial charge in [0, 0.05) is 15.6 Å². The third-order valence-corrected chi connectivity index (χ3v) is 3.37. The molecule has 2 N–H and O–H groups in total. The van der Waals surface area contributed by atoms with Crippen molar-refractivity contribution in [2.75, 3.05) is 5.73 Å². The van der Waals surface area contributed by atoms with E-state index in [1.807, 2.05) is 23.6 Å². The van der Waals surface area contributed by atoms with E-state index in [2.05, 4.69) is 0 Å². The molecule has 0 saturated heterocycles. The smallest absolute Gasteiger partial charge is 0.0813 e. The molecule has 0 amide bonds. The fraction of sp³-hybridized carbons (Fsp3) is 0.167. The molecule has 0 spiro atoms. The summed E-state index contributed by atoms with van der Waals surface area (Å²) in [6.45, 7) is 1.10. The molecule has 0 bridgehead atoms. The lowest BCUT2D eigenvalue weighted by Gasteiger charge is -2.06. The van der Waals surface area contributed by atoms with Crippen LogP contribution in [-0.2, 0) is 18.0 Å². The molecule has 4 heteroatoms. The number of benzene rings is 1. The van der Waals surface area contributed by atoms with E-state index in [0.717, 1.165) is 5.56 Å². The quantitative estimate of drug-likeness (QED) is 0.844. The van der Waals surface area contributed by atoms with Crippen molar-refractivity contribution in [3.8, 4) is 0 Å². The first-order valence-corrected chi connectivity index (χ1v) is 6.15. The Hall–Kier alpha value is -1.03. The second kappa shape index (κ2) is 5.34. The van der Waals surface area contributed by atoms with Gasteiger partial charge in [-0.25, -0.2) is 0 Å². The summed E-state index contributed by atoms with van der Waals surface area (Å²) < 4.78 is 5.57. The van der Waals surface area contributed by atoms with Crippen molar-refractivity contribution in [2.24, 2.45) is 0 Å². The predicted molar refractivity (Wildman–Crippen MR) is 68.7 cm³/mol. The predicted octanol–water partition coefficient (Wildman–Crippen LogP) is 3.70. The molecule has 16 heavy (non-hydrogen) atoms. The number of rotatable bonds is 4. The molecule has 0 aliphatic heterocycles. The van der Waals surface area contributed by atoms with Crippen molar-refractivity contribution in [3.05, 3.63) is 51.2 Å². The van der Waals surface area contributed by atoms with Crippen LogP contribution in [0.15, 0.2) is 35.7 Å². The number of hydrogen-bond acceptors (Lipinski definition) is 3. The zero-order valence-electron chi connectivity index (χ0n) is 8.65. The van der Waals surface area contributed by atoms with E-state index in [4.69, 9.17) is 22.1 Å². The SMILES string of the molecule is Nc1ccc(Cl)c(COCc2cccs2)c1. The molecular weight excluding hydrogens is 242 g/mol. The van der Waals surface area contributed by atoms with Crippen LogP contribution >= 0.6 is 22.9 Å². The highest BCUT2D eigenvalue weighted by Gasteiger charge is 2.01. The molecule has 0 aliphatic carbocycles. The van der Waals surface area contributed by atoms with Crippen LogP contribution in [0.2, 0.25) is 5.02 Å². The Labute approximate surface area is 104 Å². The van der Waals surface area contributed by atoms with Gasteiger partial charge in [0.1, 0.15) is 0 Å². The second-order valence-electron chi connectivity index (χ2n) is 3.42. The largest absolute Gasteiger partial charge is 0.399 e. The van der Waals surface area contributed by atoms with E-state index in [1.54, 1.807) is 23.5 Å². The minimum absolute atomic E-state index is 0.488. The monoisotopic (exact) mass is 253 g/mol. The van der Waals surface area contributed by atoms with Crippen LogP contribution in [-0.4, -0.2) is 0 Å². The van der Waals surface area contributed by atoms with Gasteiger partial charge >= 0.3 is 0 Å². The first-order chi connectivity index (χ1) is 7.75. The van der Waals surface area contributed by atoms with Crippen LogP contribution in [0, 0.1) is 0 Å². The van der Waals surface area contributed by atoms with Crippen LogP contribution in [0.3, 0.4) is 0 Å². The van der Waals surface area contributed by atoms with Crippen molar-refractivity contribution in [3.63, 3.8) is 0 Å². The van der Waals surface area contributed by atoms with Gasteiger partial charge in [-0.05, 0) is 35.2 Å². The van der Waals surface area contributed by atoms with Gasteiger partial charge < -0.3 is 10.5 Å². The lowest BCUT2D eigenvalue weighted by molar-refractivity contribution is 0.109. The molecule has 0 radical (unpaired) electrons. The summed E-state index contributed by atoms with van der Waals surface area (Å²) in [5, 5.41) is 2.73. The number of hydrogen-bond donors (Lipinski definition) is 1. The molecule has 0 saturated carbocycles. The number of anilines is 1. The minimum atomic E-state index is 0.488. The Morgan fingerprint density at radius 1 is 1.25 bits per heavy atom. The molecular formula is C12H12ClNOS. The van der Waals surface area contributed by atoms with Gasteiger partial charge in [-0.2, -0.15) is 0 Å². The topological polar surface area (TPSA) is 35.2 Å². The van der Waals surface area contributed by atoms with E-state index in [-0.39, 0.29) is 0 Å². The third-order valence-electron chi connectivity index (χ3n) is 2.15. The second-order valence-corrected chi connectivity index (χ2v) is 4.86. The van der Waals surface area contributed by atoms with Gasteiger partial charge in [0.05, 0.1) is 13.2 Å². The molecule has 1 heterocycles. The Morgan fingerprint density at radius 2 is 2.12 bits per heavy atom. The van der Waals surface area contributed by atoms with Crippen LogP contribution < -0.4 is 5.73 Å². The van der Waals surface area contributed by atoms with Gasteiger partial charge in [-0.1, -0.05) is 17.7 Å². The zero-order chi connectivity index (χ0) is 11.4. The molecule has 0 atom stereocenters. The average Bonchev–Trinajstić information content (AvgIpc) is 2.76. The maximum Gasteiger partial charge on any atom is 0.0813 e. The summed E-state index contributed by atoms with van der Waals surface area (Å²) in [6.07, 6.45) is 0. The Balaban J connectivity index is 1.92. The molecule has 2 rings (SSSR count). The highest BCUT2D eigenvalue weighted by molar-refractivity contribution is 7.09. The van der Waals surface area contributed by atoms with E-state index in [9.17, 15) is 0 Å². The molecule has 0 fully saturated rings. The van der Waals surface area contributed by atoms with E-state index < -0.39 is 0 Å². The van der Waals surface area contributed by atoms with Gasteiger partial charge in [0.15, 0.2) is 0 Å². The van der Waals surface area contributed by atoms with Crippen molar-refractivity contribution >= 4 is 28.6 Å². The normalized spacial score (nSPS) is 10.6. The Bertz CT molecular complexity index is 456.